The summed E-state index contributed by atoms with van der Waals surface area (Å²) in [5.41, 5.74) is 1.86. The molecule has 1 saturated heterocycles. The normalized spacial score (nSPS) is 15.9. The molecular weight excluding hydrogens is 332 g/mol. The van der Waals surface area contributed by atoms with Gasteiger partial charge in [0.2, 0.25) is 5.91 Å². The lowest BCUT2D eigenvalue weighted by Gasteiger charge is -2.33. The van der Waals surface area contributed by atoms with Crippen molar-refractivity contribution in [1.29, 1.82) is 0 Å². The maximum absolute atomic E-state index is 11.4. The summed E-state index contributed by atoms with van der Waals surface area (Å²) in [6, 6.07) is 5.91. The molecule has 1 aromatic carbocycles. The van der Waals surface area contributed by atoms with Crippen LogP contribution in [0.15, 0.2) is 22.7 Å². The number of benzene rings is 1. The third kappa shape index (κ3) is 4.30. The Bertz CT molecular complexity index is 537. The standard InChI is InChI=1S/C16H21BrN2O2/c1-11(20)15-4-3-14(9-16(15)17)19-7-5-13(6-8-19)10-18-12(2)21/h3-4,9,13H,5-8,10H2,1-2H3,(H,18,21). The minimum absolute atomic E-state index is 0.0428. The third-order valence-corrected chi connectivity index (χ3v) is 4.61. The van der Waals surface area contributed by atoms with Crippen LogP contribution in [0.4, 0.5) is 5.69 Å². The van der Waals surface area contributed by atoms with Gasteiger partial charge in [-0.3, -0.25) is 9.59 Å². The summed E-state index contributed by atoms with van der Waals surface area (Å²) in [6.45, 7) is 5.87. The summed E-state index contributed by atoms with van der Waals surface area (Å²) in [5.74, 6) is 0.675. The number of nitrogens with zero attached hydrogens (tertiary/aromatic N) is 1. The molecule has 2 rings (SSSR count). The summed E-state index contributed by atoms with van der Waals surface area (Å²) in [5, 5.41) is 2.90. The first-order chi connectivity index (χ1) is 9.97. The van der Waals surface area contributed by atoms with E-state index in [0.29, 0.717) is 5.92 Å². The molecule has 114 valence electrons. The van der Waals surface area contributed by atoms with Crippen LogP contribution in [0.3, 0.4) is 0 Å². The minimum Gasteiger partial charge on any atom is -0.371 e. The highest BCUT2D eigenvalue weighted by molar-refractivity contribution is 9.10. The second-order valence-electron chi connectivity index (χ2n) is 5.59. The summed E-state index contributed by atoms with van der Waals surface area (Å²) in [7, 11) is 0. The second kappa shape index (κ2) is 7.07. The Balaban J connectivity index is 1.94. The number of piperidine rings is 1. The van der Waals surface area contributed by atoms with E-state index in [0.717, 1.165) is 48.2 Å². The molecule has 0 radical (unpaired) electrons. The van der Waals surface area contributed by atoms with E-state index in [4.69, 9.17) is 0 Å². The lowest BCUT2D eigenvalue weighted by Crippen LogP contribution is -2.38. The van der Waals surface area contributed by atoms with Crippen LogP contribution in [-0.2, 0) is 4.79 Å². The Morgan fingerprint density at radius 2 is 1.95 bits per heavy atom. The van der Waals surface area contributed by atoms with Gasteiger partial charge in [0, 0.05) is 42.3 Å². The zero-order chi connectivity index (χ0) is 15.4. The molecule has 1 aliphatic rings. The second-order valence-corrected chi connectivity index (χ2v) is 6.44. The lowest BCUT2D eigenvalue weighted by molar-refractivity contribution is -0.119. The van der Waals surface area contributed by atoms with Gasteiger partial charge in [-0.1, -0.05) is 0 Å². The number of carbonyl (C=O) groups excluding carboxylic acids is 2. The molecule has 0 aliphatic carbocycles. The zero-order valence-corrected chi connectivity index (χ0v) is 14.1. The SMILES string of the molecule is CC(=O)NCC1CCN(c2ccc(C(C)=O)c(Br)c2)CC1. The van der Waals surface area contributed by atoms with Gasteiger partial charge in [0.25, 0.3) is 0 Å². The highest BCUT2D eigenvalue weighted by atomic mass is 79.9. The number of Topliss-reactive ketones (excluding diaryl/α,β-unsaturated/α-hetero) is 1. The van der Waals surface area contributed by atoms with Gasteiger partial charge in [-0.2, -0.15) is 0 Å². The smallest absolute Gasteiger partial charge is 0.216 e. The number of hydrogen-bond acceptors (Lipinski definition) is 3. The molecule has 0 saturated carbocycles. The number of carbonyl (C=O) groups is 2. The number of ketones is 1. The summed E-state index contributed by atoms with van der Waals surface area (Å²) < 4.78 is 0.855. The van der Waals surface area contributed by atoms with Gasteiger partial charge < -0.3 is 10.2 Å². The molecule has 0 atom stereocenters. The molecule has 4 nitrogen and oxygen atoms in total. The van der Waals surface area contributed by atoms with Gasteiger partial charge >= 0.3 is 0 Å². The predicted octanol–water partition coefficient (Wildman–Crippen LogP) is 3.00. The molecule has 21 heavy (non-hydrogen) atoms. The first-order valence-corrected chi connectivity index (χ1v) is 8.06. The van der Waals surface area contributed by atoms with E-state index in [-0.39, 0.29) is 11.7 Å². The maximum Gasteiger partial charge on any atom is 0.216 e. The van der Waals surface area contributed by atoms with Crippen molar-refractivity contribution >= 4 is 33.3 Å². The van der Waals surface area contributed by atoms with E-state index < -0.39 is 0 Å². The van der Waals surface area contributed by atoms with Crippen LogP contribution in [0.25, 0.3) is 0 Å². The molecule has 0 spiro atoms. The van der Waals surface area contributed by atoms with Crippen LogP contribution in [0.1, 0.15) is 37.0 Å². The Hall–Kier alpha value is -1.36. The number of anilines is 1. The minimum atomic E-state index is 0.0428. The van der Waals surface area contributed by atoms with Crippen LogP contribution in [-0.4, -0.2) is 31.3 Å². The van der Waals surface area contributed by atoms with Gasteiger partial charge in [-0.25, -0.2) is 0 Å². The van der Waals surface area contributed by atoms with Crippen molar-refractivity contribution in [2.45, 2.75) is 26.7 Å². The Labute approximate surface area is 134 Å². The number of rotatable bonds is 4. The van der Waals surface area contributed by atoms with Crippen molar-refractivity contribution < 1.29 is 9.59 Å². The van der Waals surface area contributed by atoms with Gasteiger partial charge in [0.1, 0.15) is 0 Å². The highest BCUT2D eigenvalue weighted by Crippen LogP contribution is 2.28. The predicted molar refractivity (Wildman–Crippen MR) is 87.8 cm³/mol. The average Bonchev–Trinajstić information content (AvgIpc) is 2.45. The van der Waals surface area contributed by atoms with Crippen LogP contribution in [0.5, 0.6) is 0 Å². The van der Waals surface area contributed by atoms with Gasteiger partial charge in [0.15, 0.2) is 5.78 Å². The summed E-state index contributed by atoms with van der Waals surface area (Å²) in [6.07, 6.45) is 2.15. The van der Waals surface area contributed by atoms with E-state index in [2.05, 4.69) is 26.1 Å². The van der Waals surface area contributed by atoms with Crippen molar-refractivity contribution in [2.75, 3.05) is 24.5 Å². The summed E-state index contributed by atoms with van der Waals surface area (Å²) in [4.78, 5) is 24.7. The van der Waals surface area contributed by atoms with Crippen molar-refractivity contribution in [1.82, 2.24) is 5.32 Å². The van der Waals surface area contributed by atoms with Crippen LogP contribution < -0.4 is 10.2 Å². The quantitative estimate of drug-likeness (QED) is 0.847. The lowest BCUT2D eigenvalue weighted by atomic mass is 9.96. The fourth-order valence-electron chi connectivity index (χ4n) is 2.67. The summed E-state index contributed by atoms with van der Waals surface area (Å²) >= 11 is 3.47. The Morgan fingerprint density at radius 1 is 1.29 bits per heavy atom. The number of halogens is 1. The van der Waals surface area contributed by atoms with Crippen molar-refractivity contribution in [3.63, 3.8) is 0 Å². The van der Waals surface area contributed by atoms with Gasteiger partial charge in [-0.05, 0) is 59.8 Å². The van der Waals surface area contributed by atoms with Crippen LogP contribution >= 0.6 is 15.9 Å². The Morgan fingerprint density at radius 3 is 2.48 bits per heavy atom. The van der Waals surface area contributed by atoms with E-state index in [1.54, 1.807) is 13.8 Å². The monoisotopic (exact) mass is 352 g/mol. The van der Waals surface area contributed by atoms with Gasteiger partial charge in [-0.15, -0.1) is 0 Å². The van der Waals surface area contributed by atoms with E-state index in [1.807, 2.05) is 18.2 Å². The fourth-order valence-corrected chi connectivity index (χ4v) is 3.32. The first kappa shape index (κ1) is 16.0. The van der Waals surface area contributed by atoms with Crippen molar-refractivity contribution in [3.8, 4) is 0 Å². The zero-order valence-electron chi connectivity index (χ0n) is 12.5. The van der Waals surface area contributed by atoms with E-state index in [1.165, 1.54) is 0 Å². The fraction of sp³-hybridized carbons (Fsp3) is 0.500. The topological polar surface area (TPSA) is 49.4 Å². The molecule has 0 aromatic heterocycles. The van der Waals surface area contributed by atoms with Crippen molar-refractivity contribution in [3.05, 3.63) is 28.2 Å². The third-order valence-electron chi connectivity index (χ3n) is 3.95. The largest absolute Gasteiger partial charge is 0.371 e. The average molecular weight is 353 g/mol. The molecular formula is C16H21BrN2O2. The molecule has 0 bridgehead atoms. The van der Waals surface area contributed by atoms with Crippen LogP contribution in [0.2, 0.25) is 0 Å². The molecule has 1 heterocycles. The number of hydrogen-bond donors (Lipinski definition) is 1. The molecule has 1 aliphatic heterocycles. The molecule has 1 amide bonds. The van der Waals surface area contributed by atoms with E-state index in [9.17, 15) is 9.59 Å². The first-order valence-electron chi connectivity index (χ1n) is 7.27. The molecule has 1 fully saturated rings. The molecule has 1 aromatic rings. The van der Waals surface area contributed by atoms with E-state index >= 15 is 0 Å². The number of nitrogens with one attached hydrogen (secondary N) is 1. The maximum atomic E-state index is 11.4. The van der Waals surface area contributed by atoms with Crippen LogP contribution in [0, 0.1) is 5.92 Å². The molecule has 1 N–H and O–H groups in total. The Kier molecular flexibility index (Phi) is 5.39. The molecule has 0 unspecified atom stereocenters. The highest BCUT2D eigenvalue weighted by Gasteiger charge is 2.20. The molecule has 5 heteroatoms. The number of amides is 1. The van der Waals surface area contributed by atoms with Crippen molar-refractivity contribution in [2.24, 2.45) is 5.92 Å². The van der Waals surface area contributed by atoms with Gasteiger partial charge in [0.05, 0.1) is 0 Å².